The number of aryl methyl sites for hydroxylation is 1. The van der Waals surface area contributed by atoms with Crippen molar-refractivity contribution in [2.24, 2.45) is 0 Å². The molecule has 2 aliphatic rings. The van der Waals surface area contributed by atoms with Crippen molar-refractivity contribution in [1.29, 1.82) is 0 Å². The standard InChI is InChI=1S/C16H21N3O2/c1-11-4-5-13-12(10-11)15(16(21)18-13)17-7-6-14(20)19-8-2-3-9-19/h4-5,10,15,17H,2-3,6-9H2,1H3,(H,18,21). The van der Waals surface area contributed by atoms with E-state index in [4.69, 9.17) is 0 Å². The molecular formula is C16H21N3O2. The molecule has 5 heteroatoms. The quantitative estimate of drug-likeness (QED) is 0.884. The van der Waals surface area contributed by atoms with Crippen molar-refractivity contribution in [3.05, 3.63) is 29.3 Å². The van der Waals surface area contributed by atoms with Crippen molar-refractivity contribution in [2.45, 2.75) is 32.2 Å². The molecule has 0 saturated carbocycles. The predicted octanol–water partition coefficient (Wildman–Crippen LogP) is 1.59. The van der Waals surface area contributed by atoms with Gasteiger partial charge in [0, 0.05) is 37.3 Å². The molecule has 1 atom stereocenters. The first-order valence-electron chi connectivity index (χ1n) is 7.58. The number of fused-ring (bicyclic) bond motifs is 1. The number of carbonyl (C=O) groups excluding carboxylic acids is 2. The van der Waals surface area contributed by atoms with Crippen molar-refractivity contribution < 1.29 is 9.59 Å². The first-order valence-corrected chi connectivity index (χ1v) is 7.58. The Hall–Kier alpha value is -1.88. The van der Waals surface area contributed by atoms with Crippen LogP contribution in [0.2, 0.25) is 0 Å². The van der Waals surface area contributed by atoms with E-state index in [0.717, 1.165) is 42.7 Å². The van der Waals surface area contributed by atoms with Crippen LogP contribution in [0, 0.1) is 6.92 Å². The number of likely N-dealkylation sites (tertiary alicyclic amines) is 1. The summed E-state index contributed by atoms with van der Waals surface area (Å²) >= 11 is 0. The SMILES string of the molecule is Cc1ccc2c(c1)C(NCCC(=O)N1CCCC1)C(=O)N2. The monoisotopic (exact) mass is 287 g/mol. The van der Waals surface area contributed by atoms with Gasteiger partial charge in [0.1, 0.15) is 6.04 Å². The van der Waals surface area contributed by atoms with E-state index in [1.165, 1.54) is 0 Å². The van der Waals surface area contributed by atoms with Crippen molar-refractivity contribution in [3.63, 3.8) is 0 Å². The second-order valence-corrected chi connectivity index (χ2v) is 5.80. The van der Waals surface area contributed by atoms with E-state index >= 15 is 0 Å². The lowest BCUT2D eigenvalue weighted by atomic mass is 10.1. The van der Waals surface area contributed by atoms with Gasteiger partial charge in [0.05, 0.1) is 0 Å². The number of amides is 2. The molecule has 1 saturated heterocycles. The number of nitrogens with one attached hydrogen (secondary N) is 2. The molecule has 0 spiro atoms. The summed E-state index contributed by atoms with van der Waals surface area (Å²) in [6.07, 6.45) is 2.67. The summed E-state index contributed by atoms with van der Waals surface area (Å²) in [6.45, 7) is 4.30. The van der Waals surface area contributed by atoms with Crippen LogP contribution < -0.4 is 10.6 Å². The van der Waals surface area contributed by atoms with E-state index in [9.17, 15) is 9.59 Å². The number of anilines is 1. The topological polar surface area (TPSA) is 61.4 Å². The fourth-order valence-corrected chi connectivity index (χ4v) is 3.03. The molecule has 1 aromatic rings. The van der Waals surface area contributed by atoms with E-state index in [-0.39, 0.29) is 17.9 Å². The highest BCUT2D eigenvalue weighted by atomic mass is 16.2. The molecule has 2 N–H and O–H groups in total. The van der Waals surface area contributed by atoms with E-state index in [2.05, 4.69) is 10.6 Å². The smallest absolute Gasteiger partial charge is 0.246 e. The Morgan fingerprint density at radius 3 is 2.90 bits per heavy atom. The van der Waals surface area contributed by atoms with Crippen LogP contribution in [0.15, 0.2) is 18.2 Å². The zero-order valence-corrected chi connectivity index (χ0v) is 12.3. The molecular weight excluding hydrogens is 266 g/mol. The maximum Gasteiger partial charge on any atom is 0.246 e. The number of carbonyl (C=O) groups is 2. The van der Waals surface area contributed by atoms with Gasteiger partial charge in [-0.1, -0.05) is 17.7 Å². The fraction of sp³-hybridized carbons (Fsp3) is 0.500. The minimum absolute atomic E-state index is 0.0378. The van der Waals surface area contributed by atoms with E-state index in [0.29, 0.717) is 13.0 Å². The summed E-state index contributed by atoms with van der Waals surface area (Å²) in [5, 5.41) is 6.08. The second-order valence-electron chi connectivity index (χ2n) is 5.80. The van der Waals surface area contributed by atoms with E-state index in [1.54, 1.807) is 0 Å². The lowest BCUT2D eigenvalue weighted by molar-refractivity contribution is -0.130. The van der Waals surface area contributed by atoms with Crippen LogP contribution in [-0.2, 0) is 9.59 Å². The molecule has 0 aromatic heterocycles. The molecule has 0 bridgehead atoms. The zero-order valence-electron chi connectivity index (χ0n) is 12.3. The van der Waals surface area contributed by atoms with Gasteiger partial charge in [-0.2, -0.15) is 0 Å². The Morgan fingerprint density at radius 2 is 2.14 bits per heavy atom. The molecule has 1 fully saturated rings. The maximum atomic E-state index is 12.0. The van der Waals surface area contributed by atoms with Crippen LogP contribution >= 0.6 is 0 Å². The Balaban J connectivity index is 1.57. The van der Waals surface area contributed by atoms with Crippen LogP contribution in [0.4, 0.5) is 5.69 Å². The molecule has 3 rings (SSSR count). The normalized spacial score (nSPS) is 20.5. The summed E-state index contributed by atoms with van der Waals surface area (Å²) in [4.78, 5) is 25.9. The maximum absolute atomic E-state index is 12.0. The summed E-state index contributed by atoms with van der Waals surface area (Å²) in [5.41, 5.74) is 2.98. The van der Waals surface area contributed by atoms with Crippen LogP contribution in [0.25, 0.3) is 0 Å². The molecule has 21 heavy (non-hydrogen) atoms. The van der Waals surface area contributed by atoms with Gasteiger partial charge in [-0.05, 0) is 25.8 Å². The average Bonchev–Trinajstić information content (AvgIpc) is 3.08. The molecule has 1 aromatic carbocycles. The second kappa shape index (κ2) is 5.85. The molecule has 112 valence electrons. The third-order valence-electron chi connectivity index (χ3n) is 4.18. The average molecular weight is 287 g/mol. The third kappa shape index (κ3) is 2.93. The van der Waals surface area contributed by atoms with Crippen molar-refractivity contribution in [3.8, 4) is 0 Å². The molecule has 2 aliphatic heterocycles. The van der Waals surface area contributed by atoms with Crippen molar-refractivity contribution in [1.82, 2.24) is 10.2 Å². The lowest BCUT2D eigenvalue weighted by Gasteiger charge is -2.16. The first kappa shape index (κ1) is 14.1. The van der Waals surface area contributed by atoms with Crippen molar-refractivity contribution in [2.75, 3.05) is 25.0 Å². The fourth-order valence-electron chi connectivity index (χ4n) is 3.03. The van der Waals surface area contributed by atoms with Gasteiger partial charge in [0.25, 0.3) is 0 Å². The lowest BCUT2D eigenvalue weighted by Crippen LogP contribution is -2.33. The number of benzene rings is 1. The van der Waals surface area contributed by atoms with E-state index in [1.807, 2.05) is 30.0 Å². The van der Waals surface area contributed by atoms with Crippen LogP contribution in [0.3, 0.4) is 0 Å². The Kier molecular flexibility index (Phi) is 3.92. The molecule has 2 heterocycles. The highest BCUT2D eigenvalue weighted by molar-refractivity contribution is 6.02. The Bertz CT molecular complexity index is 565. The molecule has 5 nitrogen and oxygen atoms in total. The third-order valence-corrected chi connectivity index (χ3v) is 4.18. The van der Waals surface area contributed by atoms with Gasteiger partial charge in [-0.15, -0.1) is 0 Å². The largest absolute Gasteiger partial charge is 0.343 e. The number of hydrogen-bond acceptors (Lipinski definition) is 3. The number of hydrogen-bond donors (Lipinski definition) is 2. The van der Waals surface area contributed by atoms with Gasteiger partial charge < -0.3 is 15.5 Å². The molecule has 2 amide bonds. The van der Waals surface area contributed by atoms with Crippen LogP contribution in [0.5, 0.6) is 0 Å². The van der Waals surface area contributed by atoms with E-state index < -0.39 is 0 Å². The summed E-state index contributed by atoms with van der Waals surface area (Å²) in [6, 6.07) is 5.59. The van der Waals surface area contributed by atoms with Crippen LogP contribution in [0.1, 0.15) is 36.4 Å². The molecule has 0 aliphatic carbocycles. The summed E-state index contributed by atoms with van der Waals surface area (Å²) < 4.78 is 0. The molecule has 1 unspecified atom stereocenters. The highest BCUT2D eigenvalue weighted by Gasteiger charge is 2.30. The Labute approximate surface area is 124 Å². The summed E-state index contributed by atoms with van der Waals surface area (Å²) in [5.74, 6) is 0.145. The molecule has 0 radical (unpaired) electrons. The van der Waals surface area contributed by atoms with Gasteiger partial charge in [0.2, 0.25) is 11.8 Å². The highest BCUT2D eigenvalue weighted by Crippen LogP contribution is 2.31. The Morgan fingerprint density at radius 1 is 1.38 bits per heavy atom. The van der Waals surface area contributed by atoms with Crippen molar-refractivity contribution >= 4 is 17.5 Å². The zero-order chi connectivity index (χ0) is 14.8. The number of nitrogens with zero attached hydrogens (tertiary/aromatic N) is 1. The minimum Gasteiger partial charge on any atom is -0.343 e. The van der Waals surface area contributed by atoms with Gasteiger partial charge in [0.15, 0.2) is 0 Å². The summed E-state index contributed by atoms with van der Waals surface area (Å²) in [7, 11) is 0. The van der Waals surface area contributed by atoms with Gasteiger partial charge >= 0.3 is 0 Å². The van der Waals surface area contributed by atoms with Crippen LogP contribution in [-0.4, -0.2) is 36.3 Å². The van der Waals surface area contributed by atoms with Gasteiger partial charge in [-0.3, -0.25) is 9.59 Å². The predicted molar refractivity (Wildman–Crippen MR) is 81.0 cm³/mol. The van der Waals surface area contributed by atoms with Gasteiger partial charge in [-0.25, -0.2) is 0 Å². The first-order chi connectivity index (χ1) is 10.1. The number of rotatable bonds is 4. The minimum atomic E-state index is -0.341.